The van der Waals surface area contributed by atoms with E-state index in [1.807, 2.05) is 0 Å². The van der Waals surface area contributed by atoms with E-state index in [4.69, 9.17) is 5.73 Å². The highest BCUT2D eigenvalue weighted by molar-refractivity contribution is 5.98. The van der Waals surface area contributed by atoms with Gasteiger partial charge in [-0.25, -0.2) is 0 Å². The van der Waals surface area contributed by atoms with E-state index in [1.165, 1.54) is 18.5 Å². The van der Waals surface area contributed by atoms with Crippen molar-refractivity contribution in [2.45, 2.75) is 0 Å². The Morgan fingerprint density at radius 1 is 1.67 bits per heavy atom. The molecule has 0 bridgehead atoms. The number of carbonyl (C=O) groups excluding carboxylic acids is 1. The van der Waals surface area contributed by atoms with Crippen molar-refractivity contribution in [1.29, 1.82) is 0 Å². The molecule has 0 aliphatic heterocycles. The summed E-state index contributed by atoms with van der Waals surface area (Å²) in [5.74, 6) is -0.276. The average Bonchev–Trinajstić information content (AvgIpc) is 2.04. The lowest BCUT2D eigenvalue weighted by atomic mass is 10.4. The van der Waals surface area contributed by atoms with Gasteiger partial charge in [0.15, 0.2) is 0 Å². The standard InChI is InChI=1S/C8H9N3O/c1-2-8(12)11-7-3-6(9)4-10-5-7/h2-5H,1,9H2,(H,11,12). The van der Waals surface area contributed by atoms with E-state index < -0.39 is 0 Å². The van der Waals surface area contributed by atoms with Gasteiger partial charge in [-0.15, -0.1) is 0 Å². The van der Waals surface area contributed by atoms with Crippen LogP contribution in [-0.4, -0.2) is 10.9 Å². The molecule has 12 heavy (non-hydrogen) atoms. The topological polar surface area (TPSA) is 68.0 Å². The molecule has 0 aliphatic carbocycles. The van der Waals surface area contributed by atoms with E-state index in [-0.39, 0.29) is 5.91 Å². The molecular weight excluding hydrogens is 154 g/mol. The van der Waals surface area contributed by atoms with E-state index >= 15 is 0 Å². The van der Waals surface area contributed by atoms with Crippen LogP contribution in [0.1, 0.15) is 0 Å². The molecule has 1 amide bonds. The monoisotopic (exact) mass is 163 g/mol. The summed E-state index contributed by atoms with van der Waals surface area (Å²) in [7, 11) is 0. The molecule has 0 aliphatic rings. The Bertz CT molecular complexity index is 309. The van der Waals surface area contributed by atoms with E-state index in [0.717, 1.165) is 0 Å². The third kappa shape index (κ3) is 2.09. The highest BCUT2D eigenvalue weighted by atomic mass is 16.1. The van der Waals surface area contributed by atoms with Gasteiger partial charge >= 0.3 is 0 Å². The van der Waals surface area contributed by atoms with Crippen molar-refractivity contribution < 1.29 is 4.79 Å². The van der Waals surface area contributed by atoms with Crippen LogP contribution in [0.15, 0.2) is 31.1 Å². The van der Waals surface area contributed by atoms with Crippen molar-refractivity contribution in [3.63, 3.8) is 0 Å². The van der Waals surface area contributed by atoms with Crippen LogP contribution in [-0.2, 0) is 4.79 Å². The Balaban J connectivity index is 2.76. The van der Waals surface area contributed by atoms with E-state index in [0.29, 0.717) is 11.4 Å². The molecule has 1 heterocycles. The predicted octanol–water partition coefficient (Wildman–Crippen LogP) is 0.788. The lowest BCUT2D eigenvalue weighted by Crippen LogP contribution is -2.07. The maximum atomic E-state index is 10.8. The number of hydrogen-bond acceptors (Lipinski definition) is 3. The van der Waals surface area contributed by atoms with Crippen LogP contribution in [0, 0.1) is 0 Å². The fourth-order valence-electron chi connectivity index (χ4n) is 0.719. The van der Waals surface area contributed by atoms with Crippen LogP contribution in [0.4, 0.5) is 11.4 Å². The molecule has 0 atom stereocenters. The SMILES string of the molecule is C=CC(=O)Nc1cncc(N)c1. The van der Waals surface area contributed by atoms with Crippen LogP contribution >= 0.6 is 0 Å². The van der Waals surface area contributed by atoms with Gasteiger partial charge in [0.1, 0.15) is 0 Å². The molecule has 0 saturated carbocycles. The summed E-state index contributed by atoms with van der Waals surface area (Å²) in [5, 5.41) is 2.53. The second-order valence-corrected chi connectivity index (χ2v) is 2.20. The third-order valence-electron chi connectivity index (χ3n) is 1.21. The Morgan fingerprint density at radius 3 is 3.00 bits per heavy atom. The van der Waals surface area contributed by atoms with Gasteiger partial charge in [0.2, 0.25) is 5.91 Å². The molecule has 0 saturated heterocycles. The second kappa shape index (κ2) is 3.52. The number of anilines is 2. The number of nitrogens with one attached hydrogen (secondary N) is 1. The number of hydrogen-bond donors (Lipinski definition) is 2. The minimum absolute atomic E-state index is 0.276. The first kappa shape index (κ1) is 8.26. The number of rotatable bonds is 2. The summed E-state index contributed by atoms with van der Waals surface area (Å²) < 4.78 is 0. The van der Waals surface area contributed by atoms with E-state index in [2.05, 4.69) is 16.9 Å². The largest absolute Gasteiger partial charge is 0.397 e. The van der Waals surface area contributed by atoms with Gasteiger partial charge in [-0.05, 0) is 12.1 Å². The lowest BCUT2D eigenvalue weighted by Gasteiger charge is -2.00. The fourth-order valence-corrected chi connectivity index (χ4v) is 0.719. The molecule has 0 spiro atoms. The molecule has 1 rings (SSSR count). The first-order valence-corrected chi connectivity index (χ1v) is 3.36. The lowest BCUT2D eigenvalue weighted by molar-refractivity contribution is -0.111. The van der Waals surface area contributed by atoms with Crippen LogP contribution < -0.4 is 11.1 Å². The van der Waals surface area contributed by atoms with Crippen molar-refractivity contribution in [3.05, 3.63) is 31.1 Å². The maximum Gasteiger partial charge on any atom is 0.247 e. The van der Waals surface area contributed by atoms with Crippen molar-refractivity contribution in [1.82, 2.24) is 4.98 Å². The van der Waals surface area contributed by atoms with Crippen LogP contribution in [0.2, 0.25) is 0 Å². The van der Waals surface area contributed by atoms with Gasteiger partial charge in [-0.3, -0.25) is 9.78 Å². The van der Waals surface area contributed by atoms with Gasteiger partial charge in [-0.1, -0.05) is 6.58 Å². The zero-order valence-electron chi connectivity index (χ0n) is 6.45. The fraction of sp³-hybridized carbons (Fsp3) is 0. The summed E-state index contributed by atoms with van der Waals surface area (Å²) in [6.45, 7) is 3.32. The smallest absolute Gasteiger partial charge is 0.247 e. The molecular formula is C8H9N3O. The number of carbonyl (C=O) groups is 1. The molecule has 3 N–H and O–H groups in total. The Hall–Kier alpha value is -1.84. The number of nitrogens with zero attached hydrogens (tertiary/aromatic N) is 1. The number of aromatic nitrogens is 1. The highest BCUT2D eigenvalue weighted by Gasteiger charge is 1.96. The third-order valence-corrected chi connectivity index (χ3v) is 1.21. The van der Waals surface area contributed by atoms with Gasteiger partial charge in [0, 0.05) is 6.20 Å². The molecule has 0 aromatic carbocycles. The minimum Gasteiger partial charge on any atom is -0.397 e. The van der Waals surface area contributed by atoms with Crippen molar-refractivity contribution in [3.8, 4) is 0 Å². The van der Waals surface area contributed by atoms with Crippen LogP contribution in [0.3, 0.4) is 0 Å². The van der Waals surface area contributed by atoms with E-state index in [1.54, 1.807) is 6.07 Å². The molecule has 0 fully saturated rings. The van der Waals surface area contributed by atoms with Gasteiger partial charge in [0.05, 0.1) is 17.6 Å². The first-order chi connectivity index (χ1) is 5.72. The van der Waals surface area contributed by atoms with Crippen LogP contribution in [0.25, 0.3) is 0 Å². The summed E-state index contributed by atoms with van der Waals surface area (Å²) in [6.07, 6.45) is 4.20. The maximum absolute atomic E-state index is 10.8. The summed E-state index contributed by atoms with van der Waals surface area (Å²) in [4.78, 5) is 14.6. The molecule has 1 aromatic rings. The van der Waals surface area contributed by atoms with Crippen molar-refractivity contribution in [2.75, 3.05) is 11.1 Å². The number of amides is 1. The minimum atomic E-state index is -0.276. The summed E-state index contributed by atoms with van der Waals surface area (Å²) >= 11 is 0. The zero-order chi connectivity index (χ0) is 8.97. The summed E-state index contributed by atoms with van der Waals surface area (Å²) in [6, 6.07) is 1.62. The number of nitrogen functional groups attached to an aromatic ring is 1. The number of pyridine rings is 1. The summed E-state index contributed by atoms with van der Waals surface area (Å²) in [5.41, 5.74) is 6.52. The first-order valence-electron chi connectivity index (χ1n) is 3.36. The normalized spacial score (nSPS) is 9.00. The number of nitrogens with two attached hydrogens (primary N) is 1. The molecule has 4 heteroatoms. The van der Waals surface area contributed by atoms with Gasteiger partial charge in [0.25, 0.3) is 0 Å². The van der Waals surface area contributed by atoms with Gasteiger partial charge in [-0.2, -0.15) is 0 Å². The Morgan fingerprint density at radius 2 is 2.42 bits per heavy atom. The average molecular weight is 163 g/mol. The van der Waals surface area contributed by atoms with Gasteiger partial charge < -0.3 is 11.1 Å². The van der Waals surface area contributed by atoms with Crippen molar-refractivity contribution >= 4 is 17.3 Å². The molecule has 1 aromatic heterocycles. The Kier molecular flexibility index (Phi) is 2.42. The Labute approximate surface area is 70.1 Å². The quantitative estimate of drug-likeness (QED) is 0.633. The predicted molar refractivity (Wildman–Crippen MR) is 47.5 cm³/mol. The zero-order valence-corrected chi connectivity index (χ0v) is 6.45. The van der Waals surface area contributed by atoms with E-state index in [9.17, 15) is 4.79 Å². The van der Waals surface area contributed by atoms with Crippen molar-refractivity contribution in [2.24, 2.45) is 0 Å². The molecule has 62 valence electrons. The molecule has 0 unspecified atom stereocenters. The molecule has 4 nitrogen and oxygen atoms in total. The van der Waals surface area contributed by atoms with Crippen LogP contribution in [0.5, 0.6) is 0 Å². The highest BCUT2D eigenvalue weighted by Crippen LogP contribution is 2.08. The molecule has 0 radical (unpaired) electrons. The second-order valence-electron chi connectivity index (χ2n) is 2.20.